The molecule has 7 nitrogen and oxygen atoms in total. The van der Waals surface area contributed by atoms with Gasteiger partial charge < -0.3 is 4.90 Å². The zero-order chi connectivity index (χ0) is 16.9. The average molecular weight is 349 g/mol. The van der Waals surface area contributed by atoms with E-state index in [-0.39, 0.29) is 5.91 Å². The van der Waals surface area contributed by atoms with Crippen molar-refractivity contribution in [3.63, 3.8) is 0 Å². The van der Waals surface area contributed by atoms with Gasteiger partial charge in [-0.3, -0.25) is 9.69 Å². The van der Waals surface area contributed by atoms with Gasteiger partial charge in [-0.15, -0.1) is 5.10 Å². The van der Waals surface area contributed by atoms with Crippen molar-refractivity contribution in [3.05, 3.63) is 40.7 Å². The SMILES string of the molecule is CCCn1nnnc1CN1CCN(C(=O)c2ccc(Cl)cc2)CC1. The van der Waals surface area contributed by atoms with Crippen LogP contribution in [0.1, 0.15) is 29.5 Å². The lowest BCUT2D eigenvalue weighted by Gasteiger charge is -2.34. The van der Waals surface area contributed by atoms with Gasteiger partial charge in [-0.1, -0.05) is 18.5 Å². The minimum Gasteiger partial charge on any atom is -0.336 e. The van der Waals surface area contributed by atoms with Crippen molar-refractivity contribution in [2.24, 2.45) is 0 Å². The van der Waals surface area contributed by atoms with Gasteiger partial charge in [0.05, 0.1) is 6.54 Å². The van der Waals surface area contributed by atoms with Crippen LogP contribution in [0.2, 0.25) is 5.02 Å². The Morgan fingerprint density at radius 3 is 2.54 bits per heavy atom. The first-order chi connectivity index (χ1) is 11.7. The molecule has 0 bridgehead atoms. The zero-order valence-electron chi connectivity index (χ0n) is 13.7. The van der Waals surface area contributed by atoms with E-state index >= 15 is 0 Å². The zero-order valence-corrected chi connectivity index (χ0v) is 14.5. The van der Waals surface area contributed by atoms with E-state index in [0.717, 1.165) is 38.4 Å². The number of rotatable bonds is 5. The van der Waals surface area contributed by atoms with Crippen LogP contribution in [0.15, 0.2) is 24.3 Å². The second-order valence-electron chi connectivity index (χ2n) is 5.89. The Balaban J connectivity index is 1.54. The first kappa shape index (κ1) is 16.9. The topological polar surface area (TPSA) is 67.2 Å². The fraction of sp³-hybridized carbons (Fsp3) is 0.500. The van der Waals surface area contributed by atoms with Crippen LogP contribution in [0.4, 0.5) is 0 Å². The molecule has 0 saturated carbocycles. The van der Waals surface area contributed by atoms with Gasteiger partial charge in [-0.05, 0) is 41.1 Å². The van der Waals surface area contributed by atoms with E-state index in [2.05, 4.69) is 27.3 Å². The fourth-order valence-electron chi connectivity index (χ4n) is 2.81. The van der Waals surface area contributed by atoms with E-state index in [1.54, 1.807) is 24.3 Å². The maximum Gasteiger partial charge on any atom is 0.253 e. The molecule has 0 aliphatic carbocycles. The third-order valence-electron chi connectivity index (χ3n) is 4.16. The van der Waals surface area contributed by atoms with Crippen LogP contribution in [0.5, 0.6) is 0 Å². The molecule has 8 heteroatoms. The van der Waals surface area contributed by atoms with Crippen LogP contribution in [0.25, 0.3) is 0 Å². The van der Waals surface area contributed by atoms with Gasteiger partial charge in [-0.25, -0.2) is 4.68 Å². The summed E-state index contributed by atoms with van der Waals surface area (Å²) < 4.78 is 1.85. The fourth-order valence-corrected chi connectivity index (χ4v) is 2.93. The number of amides is 1. The van der Waals surface area contributed by atoms with Gasteiger partial charge in [0.15, 0.2) is 5.82 Å². The number of halogens is 1. The molecule has 0 radical (unpaired) electrons. The average Bonchev–Trinajstić information content (AvgIpc) is 3.03. The van der Waals surface area contributed by atoms with Crippen molar-refractivity contribution in [1.82, 2.24) is 30.0 Å². The summed E-state index contributed by atoms with van der Waals surface area (Å²) in [6.45, 7) is 6.70. The summed E-state index contributed by atoms with van der Waals surface area (Å²) in [4.78, 5) is 16.7. The summed E-state index contributed by atoms with van der Waals surface area (Å²) in [5.74, 6) is 0.941. The van der Waals surface area contributed by atoms with E-state index in [0.29, 0.717) is 23.7 Å². The molecule has 0 atom stereocenters. The minimum atomic E-state index is 0.0575. The quantitative estimate of drug-likeness (QED) is 0.822. The van der Waals surface area contributed by atoms with Gasteiger partial charge in [-0.2, -0.15) is 0 Å². The molecule has 1 aromatic carbocycles. The summed E-state index contributed by atoms with van der Waals surface area (Å²) >= 11 is 5.87. The van der Waals surface area contributed by atoms with E-state index in [1.807, 2.05) is 9.58 Å². The summed E-state index contributed by atoms with van der Waals surface area (Å²) in [6.07, 6.45) is 1.00. The van der Waals surface area contributed by atoms with Crippen molar-refractivity contribution in [3.8, 4) is 0 Å². The Morgan fingerprint density at radius 2 is 1.88 bits per heavy atom. The number of tetrazole rings is 1. The molecule has 1 aliphatic heterocycles. The molecular weight excluding hydrogens is 328 g/mol. The highest BCUT2D eigenvalue weighted by molar-refractivity contribution is 6.30. The Kier molecular flexibility index (Phi) is 5.42. The van der Waals surface area contributed by atoms with Crippen LogP contribution < -0.4 is 0 Å². The monoisotopic (exact) mass is 348 g/mol. The lowest BCUT2D eigenvalue weighted by molar-refractivity contribution is 0.0623. The number of aryl methyl sites for hydroxylation is 1. The lowest BCUT2D eigenvalue weighted by atomic mass is 10.2. The number of hydrogen-bond donors (Lipinski definition) is 0. The maximum atomic E-state index is 12.5. The number of nitrogens with zero attached hydrogens (tertiary/aromatic N) is 6. The Morgan fingerprint density at radius 1 is 1.17 bits per heavy atom. The van der Waals surface area contributed by atoms with Crippen LogP contribution in [0.3, 0.4) is 0 Å². The van der Waals surface area contributed by atoms with Crippen LogP contribution in [-0.2, 0) is 13.1 Å². The molecule has 1 amide bonds. The second kappa shape index (κ2) is 7.72. The molecule has 0 unspecified atom stereocenters. The predicted octanol–water partition coefficient (Wildman–Crippen LogP) is 1.69. The Bertz CT molecular complexity index is 678. The Hall–Kier alpha value is -1.99. The number of hydrogen-bond acceptors (Lipinski definition) is 5. The third kappa shape index (κ3) is 3.91. The molecule has 2 aromatic rings. The first-order valence-corrected chi connectivity index (χ1v) is 8.57. The minimum absolute atomic E-state index is 0.0575. The van der Waals surface area contributed by atoms with Crippen LogP contribution >= 0.6 is 11.6 Å². The van der Waals surface area contributed by atoms with E-state index in [4.69, 9.17) is 11.6 Å². The molecule has 1 saturated heterocycles. The summed E-state index contributed by atoms with van der Waals surface area (Å²) in [7, 11) is 0. The first-order valence-electron chi connectivity index (χ1n) is 8.19. The standard InChI is InChI=1S/C16H21ClN6O/c1-2-7-23-15(18-19-20-23)12-21-8-10-22(11-9-21)16(24)13-3-5-14(17)6-4-13/h3-6H,2,7-12H2,1H3. The van der Waals surface area contributed by atoms with Crippen molar-refractivity contribution >= 4 is 17.5 Å². The molecule has 24 heavy (non-hydrogen) atoms. The van der Waals surface area contributed by atoms with Crippen LogP contribution in [-0.4, -0.2) is 62.1 Å². The lowest BCUT2D eigenvalue weighted by Crippen LogP contribution is -2.48. The number of carbonyl (C=O) groups is 1. The molecule has 0 spiro atoms. The normalized spacial score (nSPS) is 15.7. The van der Waals surface area contributed by atoms with Gasteiger partial charge in [0.2, 0.25) is 0 Å². The van der Waals surface area contributed by atoms with Crippen molar-refractivity contribution in [2.45, 2.75) is 26.4 Å². The number of piperazine rings is 1. The van der Waals surface area contributed by atoms with E-state index in [9.17, 15) is 4.79 Å². The number of carbonyl (C=O) groups excluding carboxylic acids is 1. The molecule has 0 N–H and O–H groups in total. The van der Waals surface area contributed by atoms with Crippen molar-refractivity contribution in [2.75, 3.05) is 26.2 Å². The smallest absolute Gasteiger partial charge is 0.253 e. The summed E-state index contributed by atoms with van der Waals surface area (Å²) in [5, 5.41) is 12.5. The largest absolute Gasteiger partial charge is 0.336 e. The highest BCUT2D eigenvalue weighted by atomic mass is 35.5. The third-order valence-corrected chi connectivity index (χ3v) is 4.41. The molecular formula is C16H21ClN6O. The van der Waals surface area contributed by atoms with Gasteiger partial charge in [0.1, 0.15) is 0 Å². The highest BCUT2D eigenvalue weighted by Crippen LogP contribution is 2.14. The molecule has 1 aliphatic rings. The second-order valence-corrected chi connectivity index (χ2v) is 6.33. The maximum absolute atomic E-state index is 12.5. The van der Waals surface area contributed by atoms with E-state index < -0.39 is 0 Å². The number of benzene rings is 1. The molecule has 1 aromatic heterocycles. The predicted molar refractivity (Wildman–Crippen MR) is 90.7 cm³/mol. The van der Waals surface area contributed by atoms with Crippen LogP contribution in [0, 0.1) is 0 Å². The Labute approximate surface area is 146 Å². The van der Waals surface area contributed by atoms with Gasteiger partial charge >= 0.3 is 0 Å². The van der Waals surface area contributed by atoms with Crippen molar-refractivity contribution in [1.29, 1.82) is 0 Å². The van der Waals surface area contributed by atoms with Gasteiger partial charge in [0.25, 0.3) is 5.91 Å². The molecule has 3 rings (SSSR count). The highest BCUT2D eigenvalue weighted by Gasteiger charge is 2.23. The molecule has 1 fully saturated rings. The number of aromatic nitrogens is 4. The molecule has 128 valence electrons. The van der Waals surface area contributed by atoms with Gasteiger partial charge in [0, 0.05) is 43.3 Å². The molecule has 2 heterocycles. The van der Waals surface area contributed by atoms with Crippen molar-refractivity contribution < 1.29 is 4.79 Å². The summed E-state index contributed by atoms with van der Waals surface area (Å²) in [6, 6.07) is 7.04. The van der Waals surface area contributed by atoms with E-state index in [1.165, 1.54) is 0 Å². The summed E-state index contributed by atoms with van der Waals surface area (Å²) in [5.41, 5.74) is 0.680.